The lowest BCUT2D eigenvalue weighted by molar-refractivity contribution is 0.0276. The molecule has 0 saturated carbocycles. The molecule has 0 aliphatic heterocycles. The summed E-state index contributed by atoms with van der Waals surface area (Å²) in [7, 11) is 0. The summed E-state index contributed by atoms with van der Waals surface area (Å²) < 4.78 is 11.2. The summed E-state index contributed by atoms with van der Waals surface area (Å²) >= 11 is 0. The van der Waals surface area contributed by atoms with Gasteiger partial charge in [-0.05, 0) is 71.6 Å². The Morgan fingerprint density at radius 2 is 1.69 bits per heavy atom. The molecule has 1 aromatic carbocycles. The smallest absolute Gasteiger partial charge is 0.408 e. The predicted molar refractivity (Wildman–Crippen MR) is 118 cm³/mol. The fourth-order valence-electron chi connectivity index (χ4n) is 2.96. The Labute approximate surface area is 177 Å². The summed E-state index contributed by atoms with van der Waals surface area (Å²) in [6.07, 6.45) is 6.24. The van der Waals surface area contributed by atoms with E-state index < -0.39 is 23.3 Å². The van der Waals surface area contributed by atoms with Crippen molar-refractivity contribution in [2.75, 3.05) is 6.61 Å². The van der Waals surface area contributed by atoms with Gasteiger partial charge in [-0.3, -0.25) is 0 Å². The molecule has 5 heteroatoms. The van der Waals surface area contributed by atoms with E-state index >= 15 is 0 Å². The SMILES string of the molecule is CCCCCCCOc1ccc(CC[C@](C)(NC(=O)OC(C)(C)C)[C@H](C)O)cc1. The van der Waals surface area contributed by atoms with Crippen molar-refractivity contribution in [3.05, 3.63) is 29.8 Å². The monoisotopic (exact) mass is 407 g/mol. The number of hydrogen-bond acceptors (Lipinski definition) is 4. The summed E-state index contributed by atoms with van der Waals surface area (Å²) in [6, 6.07) is 8.06. The topological polar surface area (TPSA) is 67.8 Å². The average molecular weight is 408 g/mol. The molecular weight excluding hydrogens is 366 g/mol. The van der Waals surface area contributed by atoms with Gasteiger partial charge in [0.15, 0.2) is 0 Å². The van der Waals surface area contributed by atoms with E-state index in [4.69, 9.17) is 9.47 Å². The first-order valence-electron chi connectivity index (χ1n) is 11.0. The number of aliphatic hydroxyl groups excluding tert-OH is 1. The van der Waals surface area contributed by atoms with Crippen molar-refractivity contribution in [3.8, 4) is 5.75 Å². The van der Waals surface area contributed by atoms with Gasteiger partial charge in [0, 0.05) is 0 Å². The summed E-state index contributed by atoms with van der Waals surface area (Å²) in [5, 5.41) is 13.1. The molecule has 0 aliphatic rings. The second-order valence-corrected chi connectivity index (χ2v) is 9.13. The van der Waals surface area contributed by atoms with Crippen LogP contribution in [0.2, 0.25) is 0 Å². The maximum absolute atomic E-state index is 12.2. The molecular formula is C24H41NO4. The second kappa shape index (κ2) is 12.1. The number of alkyl carbamates (subject to hydrolysis) is 1. The van der Waals surface area contributed by atoms with Gasteiger partial charge in [0.1, 0.15) is 11.4 Å². The van der Waals surface area contributed by atoms with Gasteiger partial charge >= 0.3 is 6.09 Å². The van der Waals surface area contributed by atoms with Gasteiger partial charge in [0.05, 0.1) is 18.2 Å². The van der Waals surface area contributed by atoms with Crippen LogP contribution in [0.3, 0.4) is 0 Å². The number of benzene rings is 1. The highest BCUT2D eigenvalue weighted by Crippen LogP contribution is 2.21. The van der Waals surface area contributed by atoms with Crippen molar-refractivity contribution in [2.24, 2.45) is 0 Å². The van der Waals surface area contributed by atoms with Crippen LogP contribution in [-0.4, -0.2) is 35.1 Å². The van der Waals surface area contributed by atoms with Crippen LogP contribution in [0.4, 0.5) is 4.79 Å². The maximum atomic E-state index is 12.2. The molecule has 166 valence electrons. The van der Waals surface area contributed by atoms with Crippen LogP contribution in [0.5, 0.6) is 5.75 Å². The number of aliphatic hydroxyl groups is 1. The molecule has 2 N–H and O–H groups in total. The number of nitrogens with one attached hydrogen (secondary N) is 1. The lowest BCUT2D eigenvalue weighted by Gasteiger charge is -2.34. The van der Waals surface area contributed by atoms with E-state index in [0.29, 0.717) is 6.42 Å². The fourth-order valence-corrected chi connectivity index (χ4v) is 2.96. The molecule has 0 aliphatic carbocycles. The number of aryl methyl sites for hydroxylation is 1. The number of carbonyl (C=O) groups excluding carboxylic acids is 1. The van der Waals surface area contributed by atoms with Crippen molar-refractivity contribution in [2.45, 2.75) is 104 Å². The molecule has 0 heterocycles. The number of unbranched alkanes of at least 4 members (excludes halogenated alkanes) is 4. The van der Waals surface area contributed by atoms with Crippen molar-refractivity contribution >= 4 is 6.09 Å². The van der Waals surface area contributed by atoms with Gasteiger partial charge in [-0.15, -0.1) is 0 Å². The van der Waals surface area contributed by atoms with E-state index in [0.717, 1.165) is 30.8 Å². The number of ether oxygens (including phenoxy) is 2. The average Bonchev–Trinajstić information content (AvgIpc) is 2.62. The van der Waals surface area contributed by atoms with Gasteiger partial charge in [-0.2, -0.15) is 0 Å². The quantitative estimate of drug-likeness (QED) is 0.440. The van der Waals surface area contributed by atoms with Crippen LogP contribution in [0, 0.1) is 0 Å². The highest BCUT2D eigenvalue weighted by molar-refractivity contribution is 5.68. The Balaban J connectivity index is 2.51. The van der Waals surface area contributed by atoms with Gasteiger partial charge in [-0.1, -0.05) is 44.7 Å². The molecule has 0 aromatic heterocycles. The Bertz CT molecular complexity index is 592. The van der Waals surface area contributed by atoms with Crippen LogP contribution in [0.15, 0.2) is 24.3 Å². The van der Waals surface area contributed by atoms with E-state index in [1.165, 1.54) is 25.7 Å². The second-order valence-electron chi connectivity index (χ2n) is 9.13. The summed E-state index contributed by atoms with van der Waals surface area (Å²) in [6.45, 7) is 12.0. The van der Waals surface area contributed by atoms with Crippen LogP contribution >= 0.6 is 0 Å². The standard InChI is InChI=1S/C24H41NO4/c1-7-8-9-10-11-18-28-21-14-12-20(13-15-21)16-17-24(6,19(2)26)25-22(27)29-23(3,4)5/h12-15,19,26H,7-11,16-18H2,1-6H3,(H,25,27)/t19-,24-/m0/s1. The molecule has 0 spiro atoms. The molecule has 1 aromatic rings. The Morgan fingerprint density at radius 3 is 2.24 bits per heavy atom. The number of carbonyl (C=O) groups is 1. The minimum atomic E-state index is -0.768. The Kier molecular flexibility index (Phi) is 10.5. The number of hydrogen-bond donors (Lipinski definition) is 2. The van der Waals surface area contributed by atoms with E-state index in [1.807, 2.05) is 52.0 Å². The molecule has 5 nitrogen and oxygen atoms in total. The fraction of sp³-hybridized carbons (Fsp3) is 0.708. The van der Waals surface area contributed by atoms with E-state index in [1.54, 1.807) is 6.92 Å². The zero-order chi connectivity index (χ0) is 21.9. The van der Waals surface area contributed by atoms with Crippen LogP contribution < -0.4 is 10.1 Å². The first kappa shape index (κ1) is 25.3. The van der Waals surface area contributed by atoms with Crippen LogP contribution in [0.25, 0.3) is 0 Å². The first-order chi connectivity index (χ1) is 13.6. The third kappa shape index (κ3) is 10.6. The van der Waals surface area contributed by atoms with Gasteiger partial charge < -0.3 is 19.9 Å². The highest BCUT2D eigenvalue weighted by Gasteiger charge is 2.33. The third-order valence-electron chi connectivity index (χ3n) is 5.08. The molecule has 0 radical (unpaired) electrons. The third-order valence-corrected chi connectivity index (χ3v) is 5.08. The first-order valence-corrected chi connectivity index (χ1v) is 11.0. The zero-order valence-corrected chi connectivity index (χ0v) is 19.2. The lowest BCUT2D eigenvalue weighted by atomic mass is 9.88. The normalized spacial score (nSPS) is 14.7. The van der Waals surface area contributed by atoms with Crippen LogP contribution in [-0.2, 0) is 11.2 Å². The molecule has 1 rings (SSSR count). The van der Waals surface area contributed by atoms with E-state index in [-0.39, 0.29) is 0 Å². The molecule has 1 amide bonds. The minimum absolute atomic E-state index is 0.511. The Hall–Kier alpha value is -1.75. The van der Waals surface area contributed by atoms with Crippen molar-refractivity contribution in [3.63, 3.8) is 0 Å². The number of amides is 1. The molecule has 0 saturated heterocycles. The highest BCUT2D eigenvalue weighted by atomic mass is 16.6. The molecule has 0 fully saturated rings. The lowest BCUT2D eigenvalue weighted by Crippen LogP contribution is -2.54. The van der Waals surface area contributed by atoms with Crippen molar-refractivity contribution in [1.82, 2.24) is 5.32 Å². The molecule has 2 atom stereocenters. The number of rotatable bonds is 12. The van der Waals surface area contributed by atoms with Crippen molar-refractivity contribution in [1.29, 1.82) is 0 Å². The molecule has 0 unspecified atom stereocenters. The van der Waals surface area contributed by atoms with E-state index in [2.05, 4.69) is 12.2 Å². The van der Waals surface area contributed by atoms with Gasteiger partial charge in [-0.25, -0.2) is 4.79 Å². The molecule has 0 bridgehead atoms. The van der Waals surface area contributed by atoms with Gasteiger partial charge in [0.25, 0.3) is 0 Å². The van der Waals surface area contributed by atoms with Gasteiger partial charge in [0.2, 0.25) is 0 Å². The zero-order valence-electron chi connectivity index (χ0n) is 19.2. The maximum Gasteiger partial charge on any atom is 0.408 e. The summed E-state index contributed by atoms with van der Waals surface area (Å²) in [5.74, 6) is 0.884. The predicted octanol–water partition coefficient (Wildman–Crippen LogP) is 5.63. The summed E-state index contributed by atoms with van der Waals surface area (Å²) in [4.78, 5) is 12.2. The van der Waals surface area contributed by atoms with Crippen LogP contribution in [0.1, 0.15) is 85.6 Å². The summed E-state index contributed by atoms with van der Waals surface area (Å²) in [5.41, 5.74) is -0.205. The minimum Gasteiger partial charge on any atom is -0.494 e. The Morgan fingerprint density at radius 1 is 1.07 bits per heavy atom. The molecule has 29 heavy (non-hydrogen) atoms. The van der Waals surface area contributed by atoms with Crippen molar-refractivity contribution < 1.29 is 19.4 Å². The largest absolute Gasteiger partial charge is 0.494 e. The van der Waals surface area contributed by atoms with E-state index in [9.17, 15) is 9.90 Å².